The lowest BCUT2D eigenvalue weighted by atomic mass is 9.99. The van der Waals surface area contributed by atoms with Crippen LogP contribution in [0.3, 0.4) is 0 Å². The number of carbonyl (C=O) groups excluding carboxylic acids is 3. The van der Waals surface area contributed by atoms with Gasteiger partial charge in [-0.1, -0.05) is 48.0 Å². The second kappa shape index (κ2) is 22.1. The summed E-state index contributed by atoms with van der Waals surface area (Å²) in [7, 11) is 3.25. The van der Waals surface area contributed by atoms with Crippen molar-refractivity contribution in [3.63, 3.8) is 0 Å². The first kappa shape index (κ1) is 51.9. The van der Waals surface area contributed by atoms with Crippen molar-refractivity contribution in [3.8, 4) is 16.2 Å². The number of carbonyl (C=O) groups is 3. The average Bonchev–Trinajstić information content (AvgIpc) is 3.78. The first-order valence-corrected chi connectivity index (χ1v) is 25.7. The second-order valence-electron chi connectivity index (χ2n) is 18.7. The molecule has 2 aliphatic heterocycles. The predicted octanol–water partition coefficient (Wildman–Crippen LogP) is 6.52. The van der Waals surface area contributed by atoms with Gasteiger partial charge in [-0.2, -0.15) is 4.98 Å². The summed E-state index contributed by atoms with van der Waals surface area (Å²) in [6.45, 7) is 8.64. The zero-order valence-electron chi connectivity index (χ0n) is 40.2. The number of aryl methyl sites for hydroxylation is 1. The van der Waals surface area contributed by atoms with Crippen molar-refractivity contribution in [2.24, 2.45) is 0 Å². The van der Waals surface area contributed by atoms with Crippen LogP contribution >= 0.6 is 34.7 Å². The van der Waals surface area contributed by atoms with E-state index in [1.165, 1.54) is 47.4 Å². The zero-order chi connectivity index (χ0) is 50.6. The van der Waals surface area contributed by atoms with E-state index in [1.54, 1.807) is 42.9 Å². The van der Waals surface area contributed by atoms with Gasteiger partial charge in [-0.05, 0) is 81.0 Å². The van der Waals surface area contributed by atoms with E-state index in [4.69, 9.17) is 16.3 Å². The highest BCUT2D eigenvalue weighted by Crippen LogP contribution is 2.42. The van der Waals surface area contributed by atoms with Gasteiger partial charge < -0.3 is 41.1 Å². The van der Waals surface area contributed by atoms with E-state index in [-0.39, 0.29) is 38.3 Å². The third-order valence-electron chi connectivity index (χ3n) is 13.3. The summed E-state index contributed by atoms with van der Waals surface area (Å²) in [6, 6.07) is 16.1. The van der Waals surface area contributed by atoms with Crippen molar-refractivity contribution in [1.29, 1.82) is 0 Å². The van der Waals surface area contributed by atoms with Crippen LogP contribution in [0.25, 0.3) is 10.4 Å². The molecule has 0 radical (unpaired) electrons. The van der Waals surface area contributed by atoms with Gasteiger partial charge in [0, 0.05) is 74.5 Å². The van der Waals surface area contributed by atoms with Crippen LogP contribution in [-0.2, 0) is 28.4 Å². The molecule has 378 valence electrons. The number of nitrogens with zero attached hydrogens (tertiary/aromatic N) is 6. The number of hydrogen-bond acceptors (Lipinski definition) is 15. The zero-order valence-corrected chi connectivity index (χ0v) is 42.6. The summed E-state index contributed by atoms with van der Waals surface area (Å²) in [5, 5.41) is 34.9. The minimum absolute atomic E-state index is 0.00443. The monoisotopic (exact) mass is 1030 g/mol. The van der Waals surface area contributed by atoms with Crippen molar-refractivity contribution < 1.29 is 38.1 Å². The van der Waals surface area contributed by atoms with Gasteiger partial charge in [0.2, 0.25) is 11.9 Å². The molecule has 1 unspecified atom stereocenters. The molecule has 4 atom stereocenters. The molecule has 16 nitrogen and oxygen atoms in total. The summed E-state index contributed by atoms with van der Waals surface area (Å²) in [5.74, 6) is -0.0867. The van der Waals surface area contributed by atoms with Crippen molar-refractivity contribution in [1.82, 2.24) is 40.3 Å². The molecule has 21 heteroatoms. The molecule has 3 fully saturated rings. The largest absolute Gasteiger partial charge is 0.495 e. The van der Waals surface area contributed by atoms with Crippen LogP contribution in [0.4, 0.5) is 26.2 Å². The Bertz CT molecular complexity index is 2720. The van der Waals surface area contributed by atoms with E-state index in [1.807, 2.05) is 37.8 Å². The highest BCUT2D eigenvalue weighted by molar-refractivity contribution is 7.99. The third kappa shape index (κ3) is 12.2. The number of rotatable bonds is 19. The number of piperazine rings is 1. The lowest BCUT2D eigenvalue weighted by Crippen LogP contribution is -2.63. The van der Waals surface area contributed by atoms with Crippen LogP contribution in [0.15, 0.2) is 72.4 Å². The molecular formula is C50H59ClF2N10O6S2. The van der Waals surface area contributed by atoms with Crippen molar-refractivity contribution in [3.05, 3.63) is 111 Å². The Labute approximate surface area is 424 Å². The standard InChI is InChI=1S/C50H59ClF2N10O6S2/c1-29-41(70-28-57-29)35-12-10-32(20-37(35)52)23-55-44(65)39-22-34(64)26-63(39)46(67)42(59-47(68)50(53)14-15-50)49(2,3)71-27-31-8-6-30(7-9-31)25-61-16-18-62(19-17-61)45(66)33-11-13-38(40(21-33)69-5)58-48-56-24-36(51)43(54-4)60-48/h6-13,20-21,24,28,34,39,42,46,64,67H,14-19,22-23,25-27H2,1-5H3,(H,55,65)(H,59,68)(H2,54,56,58,60)/t34-,39+,42-,46?/m1/s1. The number of hydrogen-bond donors (Lipinski definition) is 6. The minimum atomic E-state index is -2.02. The van der Waals surface area contributed by atoms with E-state index >= 15 is 8.78 Å². The topological polar surface area (TPSA) is 197 Å². The van der Waals surface area contributed by atoms with Crippen molar-refractivity contribution >= 4 is 69.9 Å². The fraction of sp³-hybridized carbons (Fsp3) is 0.440. The minimum Gasteiger partial charge on any atom is -0.495 e. The van der Waals surface area contributed by atoms with Crippen molar-refractivity contribution in [2.75, 3.05) is 57.5 Å². The number of aromatic nitrogens is 3. The predicted molar refractivity (Wildman–Crippen MR) is 272 cm³/mol. The molecule has 3 amide bonds. The maximum atomic E-state index is 15.2. The molecule has 4 heterocycles. The number of thioether (sulfide) groups is 1. The summed E-state index contributed by atoms with van der Waals surface area (Å²) < 4.78 is 35.1. The molecule has 6 N–H and O–H groups in total. The van der Waals surface area contributed by atoms with Gasteiger partial charge in [-0.15, -0.1) is 23.1 Å². The van der Waals surface area contributed by atoms with Gasteiger partial charge in [0.1, 0.15) is 28.6 Å². The Hall–Kier alpha value is -5.48. The molecule has 2 aromatic heterocycles. The fourth-order valence-corrected chi connectivity index (χ4v) is 10.9. The molecule has 1 saturated carbocycles. The van der Waals surface area contributed by atoms with Gasteiger partial charge >= 0.3 is 0 Å². The molecule has 8 rings (SSSR count). The van der Waals surface area contributed by atoms with E-state index in [0.717, 1.165) is 21.7 Å². The number of β-amino-alcohol motifs (C(OH)–C–C–N with tert-alkyl or cyclic N) is 1. The first-order chi connectivity index (χ1) is 33.9. The molecule has 0 bridgehead atoms. The van der Waals surface area contributed by atoms with Gasteiger partial charge in [-0.25, -0.2) is 18.7 Å². The van der Waals surface area contributed by atoms with Gasteiger partial charge in [0.05, 0.1) is 53.3 Å². The number of thiazole rings is 1. The second-order valence-corrected chi connectivity index (χ2v) is 21.6. The Morgan fingerprint density at radius 3 is 2.41 bits per heavy atom. The number of halogens is 3. The van der Waals surface area contributed by atoms with Crippen LogP contribution in [0, 0.1) is 12.7 Å². The summed E-state index contributed by atoms with van der Waals surface area (Å²) in [5.41, 5.74) is 4.49. The molecule has 1 aliphatic carbocycles. The maximum Gasteiger partial charge on any atom is 0.258 e. The lowest BCUT2D eigenvalue weighted by Gasteiger charge is -2.42. The van der Waals surface area contributed by atoms with Gasteiger partial charge in [-0.3, -0.25) is 24.2 Å². The molecule has 5 aromatic rings. The first-order valence-electron chi connectivity index (χ1n) is 23.4. The molecule has 0 spiro atoms. The molecular weight excluding hydrogens is 974 g/mol. The Morgan fingerprint density at radius 1 is 1.03 bits per heavy atom. The number of nitrogens with one attached hydrogen (secondary N) is 4. The fourth-order valence-electron chi connectivity index (χ4n) is 8.82. The molecule has 71 heavy (non-hydrogen) atoms. The van der Waals surface area contributed by atoms with Gasteiger partial charge in [0.25, 0.3) is 11.8 Å². The Morgan fingerprint density at radius 2 is 1.75 bits per heavy atom. The SMILES string of the molecule is CNc1nc(Nc2ccc(C(=O)N3CCN(Cc4ccc(CSC(C)(C)[C@H](NC(=O)C5(F)CC5)C(O)N5C[C@H](O)C[C@H]5C(=O)NCc5ccc(-c6scnc6C)c(F)c5)cc4)CC3)cc2OC)ncc1Cl. The van der Waals surface area contributed by atoms with Crippen LogP contribution in [0.5, 0.6) is 5.75 Å². The van der Waals surface area contributed by atoms with Gasteiger partial charge in [0.15, 0.2) is 5.67 Å². The number of aliphatic hydroxyl groups is 2. The van der Waals surface area contributed by atoms with Crippen molar-refractivity contribution in [2.45, 2.75) is 93.7 Å². The number of aliphatic hydroxyl groups excluding tert-OH is 2. The molecule has 3 aromatic carbocycles. The molecule has 2 saturated heterocycles. The quantitative estimate of drug-likeness (QED) is 0.0523. The number of alkyl halides is 1. The average molecular weight is 1030 g/mol. The van der Waals surface area contributed by atoms with Crippen LogP contribution in [0.1, 0.15) is 65.9 Å². The van der Waals surface area contributed by atoms with E-state index in [0.29, 0.717) is 83.4 Å². The smallest absolute Gasteiger partial charge is 0.258 e. The number of anilines is 3. The van der Waals surface area contributed by atoms with Crippen LogP contribution in [-0.4, -0.2) is 139 Å². The summed E-state index contributed by atoms with van der Waals surface area (Å²) in [6.07, 6.45) is -0.743. The summed E-state index contributed by atoms with van der Waals surface area (Å²) in [4.78, 5) is 59.7. The van der Waals surface area contributed by atoms with Crippen LogP contribution in [0.2, 0.25) is 5.02 Å². The number of amides is 3. The highest BCUT2D eigenvalue weighted by Gasteiger charge is 2.54. The summed E-state index contributed by atoms with van der Waals surface area (Å²) >= 11 is 8.94. The maximum absolute atomic E-state index is 15.2. The number of ether oxygens (including phenoxy) is 1. The number of likely N-dealkylation sites (tertiary alicyclic amines) is 1. The lowest BCUT2D eigenvalue weighted by molar-refractivity contribution is -0.135. The number of methoxy groups -OCH3 is 1. The Balaban J connectivity index is 0.848. The third-order valence-corrected chi connectivity index (χ3v) is 16.0. The highest BCUT2D eigenvalue weighted by atomic mass is 35.5. The number of benzene rings is 3. The van der Waals surface area contributed by atoms with E-state index in [2.05, 4.69) is 53.3 Å². The Kier molecular flexibility index (Phi) is 16.1. The van der Waals surface area contributed by atoms with Crippen LogP contribution < -0.4 is 26.0 Å². The normalized spacial score (nSPS) is 18.9. The van der Waals surface area contributed by atoms with E-state index < -0.39 is 52.5 Å². The molecule has 3 aliphatic rings. The van der Waals surface area contributed by atoms with E-state index in [9.17, 15) is 24.6 Å².